The summed E-state index contributed by atoms with van der Waals surface area (Å²) in [5.74, 6) is 0.494. The summed E-state index contributed by atoms with van der Waals surface area (Å²) >= 11 is 0. The SMILES string of the molecule is CCc1cccc(CC)c1NC(=O)c1nn(C)c2c1CCc1cnc(NC3CCNCC3)nc1-2. The Kier molecular flexibility index (Phi) is 6.32. The topological polar surface area (TPSA) is 96.8 Å². The summed E-state index contributed by atoms with van der Waals surface area (Å²) in [7, 11) is 1.89. The summed E-state index contributed by atoms with van der Waals surface area (Å²) in [6, 6.07) is 6.59. The van der Waals surface area contributed by atoms with Crippen LogP contribution in [0.3, 0.4) is 0 Å². The number of benzene rings is 1. The van der Waals surface area contributed by atoms with Crippen molar-refractivity contribution in [3.05, 3.63) is 52.3 Å². The molecule has 3 heterocycles. The molecule has 0 radical (unpaired) electrons. The summed E-state index contributed by atoms with van der Waals surface area (Å²) in [6.45, 7) is 6.24. The Labute approximate surface area is 200 Å². The molecule has 178 valence electrons. The number of aryl methyl sites for hydroxylation is 4. The van der Waals surface area contributed by atoms with Crippen LogP contribution in [0.5, 0.6) is 0 Å². The van der Waals surface area contributed by atoms with Crippen LogP contribution in [0.1, 0.15) is 59.4 Å². The zero-order chi connectivity index (χ0) is 23.7. The Morgan fingerprint density at radius 1 is 1.15 bits per heavy atom. The molecule has 0 atom stereocenters. The minimum atomic E-state index is -0.155. The highest BCUT2D eigenvalue weighted by atomic mass is 16.2. The van der Waals surface area contributed by atoms with Crippen molar-refractivity contribution in [1.29, 1.82) is 0 Å². The van der Waals surface area contributed by atoms with E-state index in [9.17, 15) is 4.79 Å². The zero-order valence-electron chi connectivity index (χ0n) is 20.2. The molecular weight excluding hydrogens is 426 g/mol. The first-order valence-corrected chi connectivity index (χ1v) is 12.4. The number of carbonyl (C=O) groups excluding carboxylic acids is 1. The molecule has 3 N–H and O–H groups in total. The molecule has 1 aliphatic carbocycles. The number of amides is 1. The second-order valence-corrected chi connectivity index (χ2v) is 9.15. The fourth-order valence-corrected chi connectivity index (χ4v) is 5.13. The van der Waals surface area contributed by atoms with Gasteiger partial charge in [0.05, 0.1) is 11.4 Å². The van der Waals surface area contributed by atoms with Crippen molar-refractivity contribution in [1.82, 2.24) is 25.1 Å². The molecule has 5 rings (SSSR count). The molecule has 2 aromatic heterocycles. The molecule has 34 heavy (non-hydrogen) atoms. The van der Waals surface area contributed by atoms with Gasteiger partial charge in [0.25, 0.3) is 5.91 Å². The van der Waals surface area contributed by atoms with E-state index in [1.165, 1.54) is 0 Å². The molecule has 1 aliphatic heterocycles. The largest absolute Gasteiger partial charge is 0.351 e. The standard InChI is InChI=1S/C26H33N7O/c1-4-16-7-6-8-17(5-2)21(16)30-25(34)23-20-10-9-18-15-28-26(29-19-11-13-27-14-12-19)31-22(18)24(20)33(3)32-23/h6-8,15,19,27H,4-5,9-14H2,1-3H3,(H,30,34)(H,28,29,31). The van der Waals surface area contributed by atoms with Gasteiger partial charge < -0.3 is 16.0 Å². The number of rotatable bonds is 6. The number of para-hydroxylation sites is 1. The summed E-state index contributed by atoms with van der Waals surface area (Å²) in [5.41, 5.74) is 7.56. The normalized spacial score (nSPS) is 15.5. The molecular formula is C26H33N7O. The molecule has 0 spiro atoms. The predicted molar refractivity (Wildman–Crippen MR) is 134 cm³/mol. The van der Waals surface area contributed by atoms with E-state index in [-0.39, 0.29) is 5.91 Å². The van der Waals surface area contributed by atoms with E-state index in [0.717, 1.165) is 90.9 Å². The quantitative estimate of drug-likeness (QED) is 0.522. The van der Waals surface area contributed by atoms with Crippen molar-refractivity contribution in [3.8, 4) is 11.4 Å². The third-order valence-electron chi connectivity index (χ3n) is 7.00. The van der Waals surface area contributed by atoms with E-state index in [1.54, 1.807) is 4.68 Å². The Morgan fingerprint density at radius 3 is 2.59 bits per heavy atom. The lowest BCUT2D eigenvalue weighted by Crippen LogP contribution is -2.35. The van der Waals surface area contributed by atoms with Crippen molar-refractivity contribution in [3.63, 3.8) is 0 Å². The zero-order valence-corrected chi connectivity index (χ0v) is 20.2. The van der Waals surface area contributed by atoms with Crippen LogP contribution in [0.4, 0.5) is 11.6 Å². The minimum absolute atomic E-state index is 0.155. The monoisotopic (exact) mass is 459 g/mol. The van der Waals surface area contributed by atoms with Crippen LogP contribution >= 0.6 is 0 Å². The number of nitrogens with zero attached hydrogens (tertiary/aromatic N) is 4. The molecule has 1 fully saturated rings. The van der Waals surface area contributed by atoms with Crippen LogP contribution in [0, 0.1) is 0 Å². The Balaban J connectivity index is 1.46. The minimum Gasteiger partial charge on any atom is -0.351 e. The van der Waals surface area contributed by atoms with Gasteiger partial charge in [0.1, 0.15) is 0 Å². The molecule has 8 heteroatoms. The predicted octanol–water partition coefficient (Wildman–Crippen LogP) is 3.52. The summed E-state index contributed by atoms with van der Waals surface area (Å²) in [6.07, 6.45) is 7.31. The molecule has 3 aromatic rings. The highest BCUT2D eigenvalue weighted by Crippen LogP contribution is 2.34. The van der Waals surface area contributed by atoms with E-state index in [4.69, 9.17) is 4.98 Å². The molecule has 1 amide bonds. The lowest BCUT2D eigenvalue weighted by molar-refractivity contribution is 0.102. The van der Waals surface area contributed by atoms with Gasteiger partial charge in [-0.15, -0.1) is 0 Å². The summed E-state index contributed by atoms with van der Waals surface area (Å²) in [4.78, 5) is 22.9. The number of hydrogen-bond donors (Lipinski definition) is 3. The first kappa shape index (κ1) is 22.5. The van der Waals surface area contributed by atoms with E-state index < -0.39 is 0 Å². The maximum Gasteiger partial charge on any atom is 0.276 e. The molecule has 0 bridgehead atoms. The van der Waals surface area contributed by atoms with Crippen molar-refractivity contribution in [2.24, 2.45) is 7.05 Å². The van der Waals surface area contributed by atoms with Gasteiger partial charge in [-0.3, -0.25) is 9.48 Å². The summed E-state index contributed by atoms with van der Waals surface area (Å²) < 4.78 is 1.80. The average Bonchev–Trinajstić information content (AvgIpc) is 3.21. The first-order valence-electron chi connectivity index (χ1n) is 12.4. The highest BCUT2D eigenvalue weighted by Gasteiger charge is 2.29. The van der Waals surface area contributed by atoms with E-state index in [2.05, 4.69) is 58.1 Å². The van der Waals surface area contributed by atoms with Gasteiger partial charge in [0.15, 0.2) is 5.69 Å². The maximum absolute atomic E-state index is 13.4. The van der Waals surface area contributed by atoms with Gasteiger partial charge in [0.2, 0.25) is 5.95 Å². The number of hydrogen-bond acceptors (Lipinski definition) is 6. The van der Waals surface area contributed by atoms with E-state index >= 15 is 0 Å². The Hall–Kier alpha value is -3.26. The molecule has 1 saturated heterocycles. The molecule has 1 aromatic carbocycles. The van der Waals surface area contributed by atoms with Gasteiger partial charge in [-0.05, 0) is 68.3 Å². The number of nitrogens with one attached hydrogen (secondary N) is 3. The van der Waals surface area contributed by atoms with E-state index in [1.807, 2.05) is 13.2 Å². The lowest BCUT2D eigenvalue weighted by Gasteiger charge is -2.24. The molecule has 8 nitrogen and oxygen atoms in total. The number of carbonyl (C=O) groups is 1. The van der Waals surface area contributed by atoms with E-state index in [0.29, 0.717) is 17.7 Å². The van der Waals surface area contributed by atoms with Crippen molar-refractivity contribution in [2.45, 2.75) is 58.4 Å². The van der Waals surface area contributed by atoms with Gasteiger partial charge in [-0.25, -0.2) is 9.97 Å². The number of piperidine rings is 1. The van der Waals surface area contributed by atoms with Gasteiger partial charge in [-0.1, -0.05) is 32.0 Å². The molecule has 2 aliphatic rings. The number of anilines is 2. The van der Waals surface area contributed by atoms with Gasteiger partial charge in [0, 0.05) is 30.5 Å². The van der Waals surface area contributed by atoms with Crippen LogP contribution in [-0.2, 0) is 32.7 Å². The van der Waals surface area contributed by atoms with Crippen LogP contribution in [-0.4, -0.2) is 44.8 Å². The van der Waals surface area contributed by atoms with Crippen molar-refractivity contribution < 1.29 is 4.79 Å². The third kappa shape index (κ3) is 4.18. The first-order chi connectivity index (χ1) is 16.6. The Bertz CT molecular complexity index is 1190. The second-order valence-electron chi connectivity index (χ2n) is 9.15. The Morgan fingerprint density at radius 2 is 1.88 bits per heavy atom. The van der Waals surface area contributed by atoms with Crippen molar-refractivity contribution in [2.75, 3.05) is 23.7 Å². The van der Waals surface area contributed by atoms with Gasteiger partial charge in [-0.2, -0.15) is 5.10 Å². The summed E-state index contributed by atoms with van der Waals surface area (Å²) in [5, 5.41) is 14.7. The third-order valence-corrected chi connectivity index (χ3v) is 7.00. The van der Waals surface area contributed by atoms with Crippen LogP contribution in [0.15, 0.2) is 24.4 Å². The fraction of sp³-hybridized carbons (Fsp3) is 0.462. The highest BCUT2D eigenvalue weighted by molar-refractivity contribution is 6.05. The fourth-order valence-electron chi connectivity index (χ4n) is 5.13. The smallest absolute Gasteiger partial charge is 0.276 e. The maximum atomic E-state index is 13.4. The molecule has 0 unspecified atom stereocenters. The van der Waals surface area contributed by atoms with Crippen LogP contribution in [0.25, 0.3) is 11.4 Å². The number of aromatic nitrogens is 4. The second kappa shape index (κ2) is 9.54. The van der Waals surface area contributed by atoms with Crippen LogP contribution < -0.4 is 16.0 Å². The van der Waals surface area contributed by atoms with Gasteiger partial charge >= 0.3 is 0 Å². The lowest BCUT2D eigenvalue weighted by atomic mass is 9.93. The molecule has 0 saturated carbocycles. The number of fused-ring (bicyclic) bond motifs is 3. The van der Waals surface area contributed by atoms with Crippen LogP contribution in [0.2, 0.25) is 0 Å². The average molecular weight is 460 g/mol. The van der Waals surface area contributed by atoms with Crippen molar-refractivity contribution >= 4 is 17.5 Å².